The molecule has 0 bridgehead atoms. The second-order valence-electron chi connectivity index (χ2n) is 3.79. The maximum absolute atomic E-state index is 11.6. The van der Waals surface area contributed by atoms with Crippen LogP contribution in [0, 0.1) is 5.92 Å². The van der Waals surface area contributed by atoms with Crippen molar-refractivity contribution >= 4 is 17.5 Å². The average Bonchev–Trinajstić information content (AvgIpc) is 2.10. The second kappa shape index (κ2) is 7.07. The smallest absolute Gasteiger partial charge is 0.240 e. The molecule has 84 valence electrons. The van der Waals surface area contributed by atoms with Gasteiger partial charge in [-0.15, -0.1) is 11.6 Å². The fraction of sp³-hybridized carbons (Fsp3) is 0.900. The van der Waals surface area contributed by atoms with E-state index < -0.39 is 5.38 Å². The molecule has 0 rings (SSSR count). The van der Waals surface area contributed by atoms with Gasteiger partial charge in [-0.2, -0.15) is 0 Å². The van der Waals surface area contributed by atoms with Crippen LogP contribution in [0.2, 0.25) is 0 Å². The molecule has 0 spiro atoms. The average molecular weight is 222 g/mol. The number of carbonyl (C=O) groups excluding carboxylic acids is 1. The highest BCUT2D eigenvalue weighted by Gasteiger charge is 2.18. The third kappa shape index (κ3) is 5.45. The first-order valence-electron chi connectivity index (χ1n) is 4.90. The second-order valence-corrected chi connectivity index (χ2v) is 4.44. The number of nitrogens with zero attached hydrogens (tertiary/aromatic N) is 1. The van der Waals surface area contributed by atoms with Crippen molar-refractivity contribution in [2.45, 2.75) is 26.1 Å². The molecule has 0 saturated carbocycles. The van der Waals surface area contributed by atoms with E-state index in [1.54, 1.807) is 18.9 Å². The van der Waals surface area contributed by atoms with E-state index >= 15 is 0 Å². The van der Waals surface area contributed by atoms with Crippen LogP contribution in [0.3, 0.4) is 0 Å². The molecule has 1 unspecified atom stereocenters. The van der Waals surface area contributed by atoms with Gasteiger partial charge in [0.25, 0.3) is 0 Å². The highest BCUT2D eigenvalue weighted by molar-refractivity contribution is 6.30. The molecule has 0 aromatic carbocycles. The lowest BCUT2D eigenvalue weighted by Crippen LogP contribution is -2.40. The largest absolute Gasteiger partial charge is 0.383 e. The van der Waals surface area contributed by atoms with Gasteiger partial charge >= 0.3 is 0 Å². The number of hydrogen-bond acceptors (Lipinski definition) is 2. The molecule has 0 heterocycles. The summed E-state index contributed by atoms with van der Waals surface area (Å²) >= 11 is 5.75. The van der Waals surface area contributed by atoms with E-state index in [1.165, 1.54) is 0 Å². The molecule has 0 saturated heterocycles. The monoisotopic (exact) mass is 221 g/mol. The van der Waals surface area contributed by atoms with Crippen molar-refractivity contribution in [3.8, 4) is 0 Å². The Balaban J connectivity index is 4.15. The van der Waals surface area contributed by atoms with Gasteiger partial charge in [-0.25, -0.2) is 0 Å². The van der Waals surface area contributed by atoms with Gasteiger partial charge in [0.05, 0.1) is 6.61 Å². The first-order chi connectivity index (χ1) is 6.49. The lowest BCUT2D eigenvalue weighted by Gasteiger charge is -2.25. The zero-order valence-electron chi connectivity index (χ0n) is 9.42. The minimum absolute atomic E-state index is 0.0163. The topological polar surface area (TPSA) is 29.5 Å². The molecule has 0 aromatic heterocycles. The molecule has 0 N–H and O–H groups in total. The first-order valence-corrected chi connectivity index (χ1v) is 5.34. The first kappa shape index (κ1) is 13.7. The van der Waals surface area contributed by atoms with E-state index in [0.29, 0.717) is 19.1 Å². The van der Waals surface area contributed by atoms with E-state index in [1.807, 2.05) is 0 Å². The van der Waals surface area contributed by atoms with Crippen LogP contribution in [0.5, 0.6) is 0 Å². The SMILES string of the molecule is COCCN(CC(C)C)C(=O)C(C)Cl. The van der Waals surface area contributed by atoms with Gasteiger partial charge in [-0.1, -0.05) is 13.8 Å². The Hall–Kier alpha value is -0.280. The van der Waals surface area contributed by atoms with Gasteiger partial charge in [-0.3, -0.25) is 4.79 Å². The lowest BCUT2D eigenvalue weighted by atomic mass is 10.2. The van der Waals surface area contributed by atoms with Crippen molar-refractivity contribution < 1.29 is 9.53 Å². The minimum atomic E-state index is -0.453. The highest BCUT2D eigenvalue weighted by atomic mass is 35.5. The molecule has 3 nitrogen and oxygen atoms in total. The Morgan fingerprint density at radius 3 is 2.36 bits per heavy atom. The Morgan fingerprint density at radius 1 is 1.43 bits per heavy atom. The third-order valence-corrected chi connectivity index (χ3v) is 1.99. The normalized spacial score (nSPS) is 13.0. The summed E-state index contributed by atoms with van der Waals surface area (Å²) in [7, 11) is 1.63. The van der Waals surface area contributed by atoms with Crippen molar-refractivity contribution in [3.63, 3.8) is 0 Å². The van der Waals surface area contributed by atoms with E-state index in [0.717, 1.165) is 6.54 Å². The molecule has 0 aliphatic carbocycles. The van der Waals surface area contributed by atoms with E-state index in [4.69, 9.17) is 16.3 Å². The van der Waals surface area contributed by atoms with Crippen LogP contribution in [0.25, 0.3) is 0 Å². The van der Waals surface area contributed by atoms with Crippen LogP contribution in [0.1, 0.15) is 20.8 Å². The Labute approximate surface area is 91.4 Å². The number of amides is 1. The van der Waals surface area contributed by atoms with Gasteiger partial charge in [-0.05, 0) is 12.8 Å². The molecular formula is C10H20ClNO2. The molecule has 14 heavy (non-hydrogen) atoms. The standard InChI is InChI=1S/C10H20ClNO2/c1-8(2)7-12(5-6-14-4)10(13)9(3)11/h8-9H,5-7H2,1-4H3. The zero-order valence-corrected chi connectivity index (χ0v) is 10.2. The molecule has 1 atom stereocenters. The number of halogens is 1. The summed E-state index contributed by atoms with van der Waals surface area (Å²) < 4.78 is 4.95. The summed E-state index contributed by atoms with van der Waals surface area (Å²) in [4.78, 5) is 13.4. The van der Waals surface area contributed by atoms with Gasteiger partial charge in [0, 0.05) is 20.2 Å². The molecule has 0 aliphatic heterocycles. The number of ether oxygens (including phenoxy) is 1. The maximum atomic E-state index is 11.6. The molecule has 4 heteroatoms. The number of methoxy groups -OCH3 is 1. The third-order valence-electron chi connectivity index (χ3n) is 1.80. The van der Waals surface area contributed by atoms with Crippen molar-refractivity contribution in [1.82, 2.24) is 4.90 Å². The van der Waals surface area contributed by atoms with Gasteiger partial charge in [0.15, 0.2) is 0 Å². The predicted molar refractivity (Wildman–Crippen MR) is 58.6 cm³/mol. The predicted octanol–water partition coefficient (Wildman–Crippen LogP) is 1.74. The van der Waals surface area contributed by atoms with Crippen LogP contribution >= 0.6 is 11.6 Å². The van der Waals surface area contributed by atoms with E-state index in [2.05, 4.69) is 13.8 Å². The number of rotatable bonds is 6. The highest BCUT2D eigenvalue weighted by Crippen LogP contribution is 2.05. The summed E-state index contributed by atoms with van der Waals surface area (Å²) in [6.45, 7) is 7.76. The van der Waals surface area contributed by atoms with Gasteiger partial charge < -0.3 is 9.64 Å². The summed E-state index contributed by atoms with van der Waals surface area (Å²) in [6, 6.07) is 0. The molecular weight excluding hydrogens is 202 g/mol. The van der Waals surface area contributed by atoms with Crippen molar-refractivity contribution in [3.05, 3.63) is 0 Å². The summed E-state index contributed by atoms with van der Waals surface area (Å²) in [6.07, 6.45) is 0. The van der Waals surface area contributed by atoms with Crippen molar-refractivity contribution in [1.29, 1.82) is 0 Å². The number of alkyl halides is 1. The Kier molecular flexibility index (Phi) is 6.93. The summed E-state index contributed by atoms with van der Waals surface area (Å²) in [5.41, 5.74) is 0. The molecule has 1 amide bonds. The molecule has 0 aromatic rings. The fourth-order valence-electron chi connectivity index (χ4n) is 1.19. The zero-order chi connectivity index (χ0) is 11.1. The molecule has 0 fully saturated rings. The van der Waals surface area contributed by atoms with Crippen LogP contribution in [-0.2, 0) is 9.53 Å². The van der Waals surface area contributed by atoms with Crippen LogP contribution in [-0.4, -0.2) is 43.0 Å². The number of hydrogen-bond donors (Lipinski definition) is 0. The fourth-order valence-corrected chi connectivity index (χ4v) is 1.32. The quantitative estimate of drug-likeness (QED) is 0.640. The minimum Gasteiger partial charge on any atom is -0.383 e. The van der Waals surface area contributed by atoms with Crippen LogP contribution in [0.15, 0.2) is 0 Å². The van der Waals surface area contributed by atoms with Crippen LogP contribution in [0.4, 0.5) is 0 Å². The Morgan fingerprint density at radius 2 is 2.00 bits per heavy atom. The van der Waals surface area contributed by atoms with E-state index in [-0.39, 0.29) is 5.91 Å². The number of carbonyl (C=O) groups is 1. The lowest BCUT2D eigenvalue weighted by molar-refractivity contribution is -0.131. The molecule has 0 radical (unpaired) electrons. The van der Waals surface area contributed by atoms with Gasteiger partial charge in [0.1, 0.15) is 5.38 Å². The van der Waals surface area contributed by atoms with Gasteiger partial charge in [0.2, 0.25) is 5.91 Å². The van der Waals surface area contributed by atoms with Crippen LogP contribution < -0.4 is 0 Å². The summed E-state index contributed by atoms with van der Waals surface area (Å²) in [5.74, 6) is 0.434. The molecule has 0 aliphatic rings. The maximum Gasteiger partial charge on any atom is 0.240 e. The summed E-state index contributed by atoms with van der Waals surface area (Å²) in [5, 5.41) is -0.453. The van der Waals surface area contributed by atoms with Crippen molar-refractivity contribution in [2.24, 2.45) is 5.92 Å². The van der Waals surface area contributed by atoms with E-state index in [9.17, 15) is 4.79 Å². The van der Waals surface area contributed by atoms with Crippen molar-refractivity contribution in [2.75, 3.05) is 26.8 Å². The Bertz CT molecular complexity index is 172.